The summed E-state index contributed by atoms with van der Waals surface area (Å²) >= 11 is 0. The third kappa shape index (κ3) is 10.3. The van der Waals surface area contributed by atoms with Gasteiger partial charge in [0.1, 0.15) is 23.0 Å². The molecule has 0 aromatic heterocycles. The van der Waals surface area contributed by atoms with E-state index in [4.69, 9.17) is 18.1 Å². The molecule has 0 radical (unpaired) electrons. The predicted octanol–water partition coefficient (Wildman–Crippen LogP) is 16.0. The molecule has 0 saturated heterocycles. The first-order valence-corrected chi connectivity index (χ1v) is 32.9. The number of nitrogens with zero attached hydrogens (tertiary/aromatic N) is 2. The smallest absolute Gasteiger partial charge is 0.426 e. The molecule has 0 aliphatic heterocycles. The molecular formula is C62H52N2O8P2S2Si. The standard InChI is InChI=1S/C62H52N2O8P2S2Si/c1-45-37-41-51(42-38-45)75(65,66)63(73(69-58-32-15-23-47-19-5-9-27-53(47)58)70-59-33-16-24-48-20-6-10-28-54(48)59)57-31-13-14-36-62(57)77(3,4)64(76(67,68)52-43-39-46(2)40-44-52)74(71-60-34-17-25-49-21-7-11-29-55(49)60)72-61-35-18-26-50-22-8-12-30-56(50)61/h5-44H,1-4H3. The van der Waals surface area contributed by atoms with Crippen LogP contribution in [-0.2, 0) is 20.0 Å². The zero-order chi connectivity index (χ0) is 53.3. The van der Waals surface area contributed by atoms with E-state index >= 15 is 16.8 Å². The Morgan fingerprint density at radius 3 is 1.05 bits per heavy atom. The largest absolute Gasteiger partial charge is 0.432 e. The van der Waals surface area contributed by atoms with Gasteiger partial charge in [-0.25, -0.2) is 16.8 Å². The summed E-state index contributed by atoms with van der Waals surface area (Å²) in [5, 5.41) is 6.85. The van der Waals surface area contributed by atoms with Crippen LogP contribution in [0.5, 0.6) is 23.0 Å². The topological polar surface area (TPSA) is 112 Å². The van der Waals surface area contributed by atoms with Gasteiger partial charge in [-0.2, -0.15) is 4.08 Å². The van der Waals surface area contributed by atoms with Crippen molar-refractivity contribution < 1.29 is 34.9 Å². The Bertz CT molecular complexity index is 4020. The van der Waals surface area contributed by atoms with E-state index in [0.717, 1.165) is 54.2 Å². The van der Waals surface area contributed by atoms with Gasteiger partial charge in [0.25, 0.3) is 10.0 Å². The monoisotopic (exact) mass is 1110 g/mol. The van der Waals surface area contributed by atoms with Crippen molar-refractivity contribution in [2.75, 3.05) is 4.08 Å². The van der Waals surface area contributed by atoms with Crippen molar-refractivity contribution >= 4 is 99.3 Å². The summed E-state index contributed by atoms with van der Waals surface area (Å²) in [7, 11) is -18.8. The number of fused-ring (bicyclic) bond motifs is 4. The normalized spacial score (nSPS) is 12.2. The summed E-state index contributed by atoms with van der Waals surface area (Å²) in [6, 6.07) is 73.7. The highest BCUT2D eigenvalue weighted by molar-refractivity contribution is 7.99. The minimum atomic E-state index is -4.67. The number of aryl methyl sites for hydroxylation is 2. The Balaban J connectivity index is 1.17. The van der Waals surface area contributed by atoms with Crippen LogP contribution in [0.1, 0.15) is 11.1 Å². The van der Waals surface area contributed by atoms with E-state index in [2.05, 4.69) is 0 Å². The molecule has 0 aliphatic carbocycles. The Morgan fingerprint density at radius 2 is 0.662 bits per heavy atom. The summed E-state index contributed by atoms with van der Waals surface area (Å²) in [5.41, 5.74) is 1.86. The van der Waals surface area contributed by atoms with Gasteiger partial charge in [-0.15, -0.1) is 3.74 Å². The lowest BCUT2D eigenvalue weighted by Gasteiger charge is -2.41. The third-order valence-corrected chi connectivity index (χ3v) is 27.3. The maximum Gasteiger partial charge on any atom is 0.432 e. The molecular weight excluding hydrogens is 1050 g/mol. The molecule has 0 N–H and O–H groups in total. The van der Waals surface area contributed by atoms with Gasteiger partial charge in [0.05, 0.1) is 15.5 Å². The third-order valence-electron chi connectivity index (χ3n) is 13.3. The first kappa shape index (κ1) is 51.5. The lowest BCUT2D eigenvalue weighted by Crippen LogP contribution is -2.59. The van der Waals surface area contributed by atoms with Crippen LogP contribution >= 0.6 is 17.1 Å². The summed E-state index contributed by atoms with van der Waals surface area (Å²) in [6.45, 7) is 7.54. The van der Waals surface area contributed by atoms with Crippen molar-refractivity contribution in [2.24, 2.45) is 0 Å². The highest BCUT2D eigenvalue weighted by Crippen LogP contribution is 2.55. The molecule has 0 aliphatic rings. The molecule has 0 heterocycles. The fraction of sp³-hybridized carbons (Fsp3) is 0.0645. The summed E-state index contributed by atoms with van der Waals surface area (Å²) in [6.07, 6.45) is 0. The SMILES string of the molecule is Cc1ccc(S(=O)(=O)N(c2ccccc2[Si](C)(C)N(P(Oc2cccc3ccccc23)Oc2cccc3ccccc23)S(=O)(=O)c2ccc(C)cc2)P(Oc2cccc3ccccc23)Oc2cccc3ccccc23)cc1. The number of benzene rings is 11. The number of sulfonamides is 2. The number of hydrogen-bond acceptors (Lipinski definition) is 8. The molecule has 0 saturated carbocycles. The molecule has 384 valence electrons. The Hall–Kier alpha value is -7.60. The van der Waals surface area contributed by atoms with E-state index in [1.165, 1.54) is 7.82 Å². The van der Waals surface area contributed by atoms with Gasteiger partial charge in [0.15, 0.2) is 8.24 Å². The Labute approximate surface area is 452 Å². The predicted molar refractivity (Wildman–Crippen MR) is 317 cm³/mol. The first-order chi connectivity index (χ1) is 37.3. The minimum absolute atomic E-state index is 0.00154. The van der Waals surface area contributed by atoms with Crippen molar-refractivity contribution in [1.29, 1.82) is 0 Å². The molecule has 15 heteroatoms. The molecule has 10 nitrogen and oxygen atoms in total. The van der Waals surface area contributed by atoms with Gasteiger partial charge < -0.3 is 18.1 Å². The number of anilines is 1. The van der Waals surface area contributed by atoms with Crippen LogP contribution < -0.4 is 27.4 Å². The van der Waals surface area contributed by atoms with Crippen LogP contribution in [-0.4, -0.2) is 28.8 Å². The van der Waals surface area contributed by atoms with Gasteiger partial charge in [0, 0.05) is 21.5 Å². The lowest BCUT2D eigenvalue weighted by molar-refractivity contribution is 0.462. The highest BCUT2D eigenvalue weighted by atomic mass is 32.2. The zero-order valence-electron chi connectivity index (χ0n) is 42.5. The highest BCUT2D eigenvalue weighted by Gasteiger charge is 2.52. The molecule has 11 aromatic rings. The molecule has 77 heavy (non-hydrogen) atoms. The summed E-state index contributed by atoms with van der Waals surface area (Å²) in [4.78, 5) is -0.0282. The average Bonchev–Trinajstić information content (AvgIpc) is 3.45. The molecule has 0 bridgehead atoms. The zero-order valence-corrected chi connectivity index (χ0v) is 46.9. The number of hydrogen-bond donors (Lipinski definition) is 0. The Kier molecular flexibility index (Phi) is 14.3. The number of rotatable bonds is 17. The van der Waals surface area contributed by atoms with Gasteiger partial charge in [-0.3, -0.25) is 0 Å². The van der Waals surface area contributed by atoms with Crippen molar-refractivity contribution in [3.63, 3.8) is 0 Å². The summed E-state index contributed by atoms with van der Waals surface area (Å²) < 4.78 is 96.0. The quantitative estimate of drug-likeness (QED) is 0.0655. The van der Waals surface area contributed by atoms with Crippen LogP contribution in [0.4, 0.5) is 5.69 Å². The van der Waals surface area contributed by atoms with Crippen LogP contribution in [0.15, 0.2) is 252 Å². The first-order valence-electron chi connectivity index (χ1n) is 24.8. The second-order valence-corrected chi connectivity index (χ2v) is 30.3. The van der Waals surface area contributed by atoms with E-state index in [9.17, 15) is 0 Å². The van der Waals surface area contributed by atoms with E-state index in [1.807, 2.05) is 185 Å². The van der Waals surface area contributed by atoms with Crippen molar-refractivity contribution in [2.45, 2.75) is 36.7 Å². The van der Waals surface area contributed by atoms with Gasteiger partial charge >= 0.3 is 17.1 Å². The second kappa shape index (κ2) is 21.4. The molecule has 11 rings (SSSR count). The van der Waals surface area contributed by atoms with Crippen molar-refractivity contribution in [3.8, 4) is 23.0 Å². The fourth-order valence-corrected chi connectivity index (χ4v) is 22.5. The molecule has 0 atom stereocenters. The minimum Gasteiger partial charge on any atom is -0.426 e. The molecule has 0 amide bonds. The molecule has 0 spiro atoms. The van der Waals surface area contributed by atoms with Gasteiger partial charge in [-0.1, -0.05) is 212 Å². The van der Waals surface area contributed by atoms with Crippen LogP contribution in [0.2, 0.25) is 13.1 Å². The van der Waals surface area contributed by atoms with E-state index in [-0.39, 0.29) is 15.5 Å². The fourth-order valence-electron chi connectivity index (χ4n) is 9.40. The van der Waals surface area contributed by atoms with E-state index in [1.54, 1.807) is 84.9 Å². The van der Waals surface area contributed by atoms with Gasteiger partial charge in [-0.05, 0) is 95.2 Å². The van der Waals surface area contributed by atoms with Crippen LogP contribution in [0.3, 0.4) is 0 Å². The average molecular weight is 1110 g/mol. The van der Waals surface area contributed by atoms with E-state index in [0.29, 0.717) is 28.2 Å². The molecule has 0 fully saturated rings. The van der Waals surface area contributed by atoms with Crippen molar-refractivity contribution in [3.05, 3.63) is 254 Å². The molecule has 11 aromatic carbocycles. The van der Waals surface area contributed by atoms with E-state index < -0.39 is 45.3 Å². The van der Waals surface area contributed by atoms with Crippen molar-refractivity contribution in [1.82, 2.24) is 3.74 Å². The van der Waals surface area contributed by atoms with Crippen LogP contribution in [0.25, 0.3) is 43.1 Å². The number of para-hydroxylation sites is 1. The van der Waals surface area contributed by atoms with Crippen LogP contribution in [0, 0.1) is 13.8 Å². The maximum absolute atomic E-state index is 16.2. The van der Waals surface area contributed by atoms with Gasteiger partial charge in [0.2, 0.25) is 10.0 Å². The second-order valence-electron chi connectivity index (χ2n) is 18.9. The Morgan fingerprint density at radius 1 is 0.351 bits per heavy atom. The maximum atomic E-state index is 16.2. The summed E-state index contributed by atoms with van der Waals surface area (Å²) in [5.74, 6) is 1.56. The molecule has 0 unspecified atom stereocenters. The lowest BCUT2D eigenvalue weighted by atomic mass is 10.1.